The van der Waals surface area contributed by atoms with Gasteiger partial charge in [0.2, 0.25) is 10.0 Å². The first-order valence-corrected chi connectivity index (χ1v) is 7.87. The average molecular weight is 282 g/mol. The van der Waals surface area contributed by atoms with Crippen LogP contribution >= 0.6 is 0 Å². The summed E-state index contributed by atoms with van der Waals surface area (Å²) < 4.78 is 26.8. The van der Waals surface area contributed by atoms with E-state index in [0.717, 1.165) is 19.3 Å². The van der Waals surface area contributed by atoms with Crippen molar-refractivity contribution in [2.75, 3.05) is 4.72 Å². The molecule has 0 radical (unpaired) electrons. The summed E-state index contributed by atoms with van der Waals surface area (Å²) in [6.07, 6.45) is 4.24. The normalized spacial score (nSPS) is 17.1. The van der Waals surface area contributed by atoms with Crippen LogP contribution in [0.25, 0.3) is 0 Å². The Morgan fingerprint density at radius 2 is 1.89 bits per heavy atom. The van der Waals surface area contributed by atoms with Gasteiger partial charge in [-0.1, -0.05) is 31.4 Å². The SMILES string of the molecule is O=C([O-])c1cccc(NS(=O)(=O)C2CCCCC2)c1. The van der Waals surface area contributed by atoms with Gasteiger partial charge in [0.15, 0.2) is 0 Å². The Hall–Kier alpha value is -1.56. The van der Waals surface area contributed by atoms with Crippen molar-refractivity contribution in [1.29, 1.82) is 0 Å². The molecule has 1 aromatic rings. The van der Waals surface area contributed by atoms with Crippen molar-refractivity contribution in [3.05, 3.63) is 29.8 Å². The molecule has 1 aliphatic carbocycles. The van der Waals surface area contributed by atoms with Crippen molar-refractivity contribution >= 4 is 21.7 Å². The Labute approximate surface area is 112 Å². The van der Waals surface area contributed by atoms with E-state index >= 15 is 0 Å². The quantitative estimate of drug-likeness (QED) is 0.896. The van der Waals surface area contributed by atoms with E-state index in [1.807, 2.05) is 0 Å². The summed E-state index contributed by atoms with van der Waals surface area (Å²) >= 11 is 0. The molecule has 5 nitrogen and oxygen atoms in total. The molecule has 0 aliphatic heterocycles. The van der Waals surface area contributed by atoms with Gasteiger partial charge in [-0.05, 0) is 30.5 Å². The highest BCUT2D eigenvalue weighted by atomic mass is 32.2. The van der Waals surface area contributed by atoms with Gasteiger partial charge in [-0.3, -0.25) is 4.72 Å². The van der Waals surface area contributed by atoms with Crippen LogP contribution in [0, 0.1) is 0 Å². The molecule has 0 unspecified atom stereocenters. The number of anilines is 1. The van der Waals surface area contributed by atoms with Crippen LogP contribution in [0.3, 0.4) is 0 Å². The van der Waals surface area contributed by atoms with E-state index < -0.39 is 16.0 Å². The fourth-order valence-electron chi connectivity index (χ4n) is 2.33. The maximum Gasteiger partial charge on any atom is 0.235 e. The van der Waals surface area contributed by atoms with Crippen LogP contribution in [0.15, 0.2) is 24.3 Å². The van der Waals surface area contributed by atoms with Gasteiger partial charge in [-0.15, -0.1) is 0 Å². The highest BCUT2D eigenvalue weighted by Gasteiger charge is 2.27. The number of carbonyl (C=O) groups excluding carboxylic acids is 1. The number of nitrogens with one attached hydrogen (secondary N) is 1. The summed E-state index contributed by atoms with van der Waals surface area (Å²) in [5.74, 6) is -1.32. The van der Waals surface area contributed by atoms with Gasteiger partial charge in [0, 0.05) is 5.69 Å². The lowest BCUT2D eigenvalue weighted by molar-refractivity contribution is -0.255. The number of carbonyl (C=O) groups is 1. The van der Waals surface area contributed by atoms with Crippen molar-refractivity contribution in [2.45, 2.75) is 37.4 Å². The molecule has 2 rings (SSSR count). The van der Waals surface area contributed by atoms with Crippen LogP contribution in [0.4, 0.5) is 5.69 Å². The summed E-state index contributed by atoms with van der Waals surface area (Å²) in [5, 5.41) is 10.4. The Bertz CT molecular complexity index is 562. The predicted molar refractivity (Wildman–Crippen MR) is 70.2 cm³/mol. The predicted octanol–water partition coefficient (Wildman–Crippen LogP) is 1.12. The zero-order chi connectivity index (χ0) is 13.9. The van der Waals surface area contributed by atoms with Crippen molar-refractivity contribution in [2.24, 2.45) is 0 Å². The van der Waals surface area contributed by atoms with Crippen LogP contribution in [0.5, 0.6) is 0 Å². The van der Waals surface area contributed by atoms with Gasteiger partial charge in [0.25, 0.3) is 0 Å². The average Bonchev–Trinajstić information content (AvgIpc) is 2.39. The van der Waals surface area contributed by atoms with Crippen LogP contribution in [-0.2, 0) is 10.0 Å². The maximum atomic E-state index is 12.2. The van der Waals surface area contributed by atoms with E-state index in [9.17, 15) is 18.3 Å². The van der Waals surface area contributed by atoms with E-state index in [4.69, 9.17) is 0 Å². The Morgan fingerprint density at radius 3 is 2.53 bits per heavy atom. The molecule has 0 atom stereocenters. The topological polar surface area (TPSA) is 86.3 Å². The molecule has 1 aromatic carbocycles. The molecule has 0 amide bonds. The lowest BCUT2D eigenvalue weighted by Crippen LogP contribution is -2.30. The van der Waals surface area contributed by atoms with E-state index in [1.54, 1.807) is 0 Å². The number of sulfonamides is 1. The standard InChI is InChI=1S/C13H17NO4S/c15-13(16)10-5-4-6-11(9-10)14-19(17,18)12-7-2-1-3-8-12/h4-6,9,12,14H,1-3,7-8H2,(H,15,16)/p-1. The second-order valence-corrected chi connectivity index (χ2v) is 6.74. The smallest absolute Gasteiger partial charge is 0.235 e. The summed E-state index contributed by atoms with van der Waals surface area (Å²) in [6.45, 7) is 0. The first-order chi connectivity index (χ1) is 8.99. The number of hydrogen-bond acceptors (Lipinski definition) is 4. The van der Waals surface area contributed by atoms with Gasteiger partial charge < -0.3 is 9.90 Å². The minimum Gasteiger partial charge on any atom is -0.545 e. The minimum absolute atomic E-state index is 0.0381. The minimum atomic E-state index is -3.44. The van der Waals surface area contributed by atoms with Crippen LogP contribution in [0.1, 0.15) is 42.5 Å². The van der Waals surface area contributed by atoms with Crippen molar-refractivity contribution in [3.63, 3.8) is 0 Å². The third-order valence-electron chi connectivity index (χ3n) is 3.35. The van der Waals surface area contributed by atoms with Gasteiger partial charge in [0.1, 0.15) is 0 Å². The number of aromatic carboxylic acids is 1. The molecule has 19 heavy (non-hydrogen) atoms. The van der Waals surface area contributed by atoms with E-state index in [-0.39, 0.29) is 16.5 Å². The first-order valence-electron chi connectivity index (χ1n) is 6.32. The highest BCUT2D eigenvalue weighted by Crippen LogP contribution is 2.25. The molecular formula is C13H16NO4S-. The second kappa shape index (κ2) is 5.61. The van der Waals surface area contributed by atoms with Crippen LogP contribution < -0.4 is 9.83 Å². The number of rotatable bonds is 4. The summed E-state index contributed by atoms with van der Waals surface area (Å²) in [7, 11) is -3.44. The van der Waals surface area contributed by atoms with Crippen LogP contribution in [-0.4, -0.2) is 19.6 Å². The maximum absolute atomic E-state index is 12.2. The zero-order valence-corrected chi connectivity index (χ0v) is 11.3. The van der Waals surface area contributed by atoms with Crippen LogP contribution in [0.2, 0.25) is 0 Å². The lowest BCUT2D eigenvalue weighted by Gasteiger charge is -2.22. The molecule has 1 aliphatic rings. The van der Waals surface area contributed by atoms with Crippen molar-refractivity contribution in [3.8, 4) is 0 Å². The lowest BCUT2D eigenvalue weighted by atomic mass is 10.0. The molecule has 0 spiro atoms. The summed E-state index contributed by atoms with van der Waals surface area (Å²) in [6, 6.07) is 5.67. The number of benzene rings is 1. The first kappa shape index (κ1) is 13.9. The molecule has 104 valence electrons. The summed E-state index contributed by atoms with van der Waals surface area (Å²) in [5.41, 5.74) is 0.233. The Kier molecular flexibility index (Phi) is 4.09. The molecule has 0 bridgehead atoms. The highest BCUT2D eigenvalue weighted by molar-refractivity contribution is 7.93. The van der Waals surface area contributed by atoms with Crippen molar-refractivity contribution < 1.29 is 18.3 Å². The molecule has 1 fully saturated rings. The Balaban J connectivity index is 2.15. The number of carboxylic acids is 1. The molecule has 0 heterocycles. The van der Waals surface area contributed by atoms with Gasteiger partial charge in [0.05, 0.1) is 11.2 Å². The van der Waals surface area contributed by atoms with E-state index in [2.05, 4.69) is 4.72 Å². The van der Waals surface area contributed by atoms with E-state index in [0.29, 0.717) is 12.8 Å². The van der Waals surface area contributed by atoms with Gasteiger partial charge in [-0.25, -0.2) is 8.42 Å². The largest absolute Gasteiger partial charge is 0.545 e. The number of hydrogen-bond donors (Lipinski definition) is 1. The summed E-state index contributed by atoms with van der Waals surface area (Å²) in [4.78, 5) is 10.7. The Morgan fingerprint density at radius 1 is 1.21 bits per heavy atom. The second-order valence-electron chi connectivity index (χ2n) is 4.78. The fraction of sp³-hybridized carbons (Fsp3) is 0.462. The fourth-order valence-corrected chi connectivity index (χ4v) is 3.91. The monoisotopic (exact) mass is 282 g/mol. The molecular weight excluding hydrogens is 266 g/mol. The van der Waals surface area contributed by atoms with Gasteiger partial charge in [-0.2, -0.15) is 0 Å². The number of carboxylic acid groups (broad SMARTS) is 1. The molecule has 6 heteroatoms. The molecule has 0 aromatic heterocycles. The third-order valence-corrected chi connectivity index (χ3v) is 5.22. The zero-order valence-electron chi connectivity index (χ0n) is 10.5. The molecule has 0 saturated heterocycles. The van der Waals surface area contributed by atoms with Crippen molar-refractivity contribution in [1.82, 2.24) is 0 Å². The molecule has 1 saturated carbocycles. The van der Waals surface area contributed by atoms with Gasteiger partial charge >= 0.3 is 0 Å². The third kappa shape index (κ3) is 3.47. The molecule has 1 N–H and O–H groups in total. The van der Waals surface area contributed by atoms with E-state index in [1.165, 1.54) is 24.3 Å².